The van der Waals surface area contributed by atoms with Crippen molar-refractivity contribution in [2.45, 2.75) is 25.2 Å². The third-order valence-corrected chi connectivity index (χ3v) is 3.23. The molecule has 1 unspecified atom stereocenters. The van der Waals surface area contributed by atoms with Crippen molar-refractivity contribution in [3.63, 3.8) is 0 Å². The molecule has 1 N–H and O–H groups in total. The Morgan fingerprint density at radius 2 is 2.21 bits per heavy atom. The Hall–Kier alpha value is -1.43. The molecule has 0 aliphatic carbocycles. The first-order chi connectivity index (χ1) is 8.94. The smallest absolute Gasteiger partial charge is 0.482 e. The summed E-state index contributed by atoms with van der Waals surface area (Å²) in [6.45, 7) is 1.55. The number of nitrogens with one attached hydrogen (secondary N) is 1. The molecule has 1 aromatic rings. The fraction of sp³-hybridized carbons (Fsp3) is 0.538. The Bertz CT molecular complexity index is 423. The minimum atomic E-state index is -4.43. The second-order valence-electron chi connectivity index (χ2n) is 4.74. The summed E-state index contributed by atoms with van der Waals surface area (Å²) in [6, 6.07) is 6.28. The van der Waals surface area contributed by atoms with E-state index in [2.05, 4.69) is 4.90 Å². The summed E-state index contributed by atoms with van der Waals surface area (Å²) in [5.74, 6) is 0.453. The Balaban J connectivity index is 1.91. The molecule has 3 nitrogen and oxygen atoms in total. The van der Waals surface area contributed by atoms with E-state index in [1.54, 1.807) is 12.1 Å². The highest BCUT2D eigenvalue weighted by Gasteiger charge is 2.27. The van der Waals surface area contributed by atoms with Crippen molar-refractivity contribution >= 4 is 5.69 Å². The lowest BCUT2D eigenvalue weighted by Gasteiger charge is -2.20. The third-order valence-electron chi connectivity index (χ3n) is 3.23. The van der Waals surface area contributed by atoms with Crippen LogP contribution in [-0.4, -0.2) is 37.4 Å². The predicted molar refractivity (Wildman–Crippen MR) is 67.3 cm³/mol. The fourth-order valence-electron chi connectivity index (χ4n) is 2.21. The molecule has 1 saturated heterocycles. The largest absolute Gasteiger partial charge is 0.492 e. The van der Waals surface area contributed by atoms with Gasteiger partial charge in [-0.25, -0.2) is 0 Å². The van der Waals surface area contributed by atoms with Gasteiger partial charge >= 0.3 is 6.30 Å². The van der Waals surface area contributed by atoms with Crippen LogP contribution in [0.2, 0.25) is 0 Å². The summed E-state index contributed by atoms with van der Waals surface area (Å²) >= 11 is 0. The van der Waals surface area contributed by atoms with Crippen LogP contribution in [0.3, 0.4) is 0 Å². The lowest BCUT2D eigenvalue weighted by atomic mass is 10.2. The van der Waals surface area contributed by atoms with Crippen LogP contribution in [0, 0.1) is 0 Å². The number of likely N-dealkylation sites (N-methyl/N-ethyl adjacent to an activating group) is 1. The number of rotatable bonds is 4. The first kappa shape index (κ1) is 14.0. The first-order valence-corrected chi connectivity index (χ1v) is 6.22. The van der Waals surface area contributed by atoms with Gasteiger partial charge in [-0.2, -0.15) is 13.2 Å². The van der Waals surface area contributed by atoms with Crippen molar-refractivity contribution in [3.05, 3.63) is 24.3 Å². The van der Waals surface area contributed by atoms with Crippen LogP contribution >= 0.6 is 0 Å². The second kappa shape index (κ2) is 5.69. The van der Waals surface area contributed by atoms with Crippen LogP contribution in [0.4, 0.5) is 18.9 Å². The number of hydrogen-bond donors (Lipinski definition) is 1. The molecule has 0 amide bonds. The van der Waals surface area contributed by atoms with Crippen molar-refractivity contribution in [2.24, 2.45) is 0 Å². The molecule has 6 heteroatoms. The number of halogens is 3. The molecule has 1 aliphatic heterocycles. The lowest BCUT2D eigenvalue weighted by Crippen LogP contribution is -2.30. The van der Waals surface area contributed by atoms with Gasteiger partial charge in [0.15, 0.2) is 0 Å². The average molecular weight is 274 g/mol. The van der Waals surface area contributed by atoms with Gasteiger partial charge in [-0.1, -0.05) is 6.07 Å². The topological polar surface area (TPSA) is 24.5 Å². The van der Waals surface area contributed by atoms with Crippen LogP contribution in [-0.2, 0) is 0 Å². The first-order valence-electron chi connectivity index (χ1n) is 6.22. The zero-order valence-electron chi connectivity index (χ0n) is 10.7. The van der Waals surface area contributed by atoms with E-state index in [1.807, 2.05) is 7.05 Å². The molecule has 1 heterocycles. The number of hydrogen-bond acceptors (Lipinski definition) is 3. The maximum Gasteiger partial charge on any atom is 0.482 e. The number of alkyl halides is 3. The second-order valence-corrected chi connectivity index (χ2v) is 4.74. The minimum Gasteiger partial charge on any atom is -0.492 e. The van der Waals surface area contributed by atoms with Crippen molar-refractivity contribution in [2.75, 3.05) is 25.5 Å². The highest BCUT2D eigenvalue weighted by Crippen LogP contribution is 2.24. The molecule has 19 heavy (non-hydrogen) atoms. The monoisotopic (exact) mass is 274 g/mol. The molecule has 2 rings (SSSR count). The van der Waals surface area contributed by atoms with E-state index in [4.69, 9.17) is 4.74 Å². The number of ether oxygens (including phenoxy) is 1. The van der Waals surface area contributed by atoms with Gasteiger partial charge in [0.2, 0.25) is 0 Å². The SMILES string of the molecule is CN1CCCC1COc1cccc(NC(F)(F)F)c1. The highest BCUT2D eigenvalue weighted by atomic mass is 19.4. The summed E-state index contributed by atoms with van der Waals surface area (Å²) in [6.07, 6.45) is -2.22. The van der Waals surface area contributed by atoms with Crippen molar-refractivity contribution in [1.29, 1.82) is 0 Å². The van der Waals surface area contributed by atoms with Gasteiger partial charge in [-0.05, 0) is 38.6 Å². The van der Waals surface area contributed by atoms with Crippen LogP contribution in [0.15, 0.2) is 24.3 Å². The summed E-state index contributed by atoms with van der Waals surface area (Å²) in [7, 11) is 2.03. The number of anilines is 1. The maximum absolute atomic E-state index is 12.2. The Kier molecular flexibility index (Phi) is 4.19. The van der Waals surface area contributed by atoms with E-state index >= 15 is 0 Å². The van der Waals surface area contributed by atoms with Crippen LogP contribution in [0.5, 0.6) is 5.75 Å². The van der Waals surface area contributed by atoms with Crippen molar-refractivity contribution in [3.8, 4) is 5.75 Å². The molecule has 1 atom stereocenters. The minimum absolute atomic E-state index is 0.00947. The molecular weight excluding hydrogens is 257 g/mol. The molecule has 0 saturated carbocycles. The molecule has 0 bridgehead atoms. The standard InChI is InChI=1S/C13H17F3N2O/c1-18-7-3-5-11(18)9-19-12-6-2-4-10(8-12)17-13(14,15)16/h2,4,6,8,11,17H,3,5,7,9H2,1H3. The Morgan fingerprint density at radius 1 is 1.42 bits per heavy atom. The van der Waals surface area contributed by atoms with Gasteiger partial charge in [-0.3, -0.25) is 5.32 Å². The van der Waals surface area contributed by atoms with Crippen molar-refractivity contribution in [1.82, 2.24) is 4.90 Å². The average Bonchev–Trinajstić information content (AvgIpc) is 2.70. The van der Waals surface area contributed by atoms with Gasteiger partial charge in [0.1, 0.15) is 12.4 Å². The molecule has 0 spiro atoms. The van der Waals surface area contributed by atoms with Gasteiger partial charge in [0, 0.05) is 17.8 Å². The number of benzene rings is 1. The van der Waals surface area contributed by atoms with Crippen molar-refractivity contribution < 1.29 is 17.9 Å². The molecule has 1 fully saturated rings. The quantitative estimate of drug-likeness (QED) is 0.854. The zero-order chi connectivity index (χ0) is 13.9. The summed E-state index contributed by atoms with van der Waals surface area (Å²) in [5, 5.41) is 1.47. The van der Waals surface area contributed by atoms with E-state index in [1.165, 1.54) is 17.4 Å². The highest BCUT2D eigenvalue weighted by molar-refractivity contribution is 5.48. The van der Waals surface area contributed by atoms with E-state index in [0.29, 0.717) is 18.4 Å². The van der Waals surface area contributed by atoms with Crippen LogP contribution in [0.1, 0.15) is 12.8 Å². The molecule has 106 valence electrons. The van der Waals surface area contributed by atoms with E-state index in [0.717, 1.165) is 19.4 Å². The fourth-order valence-corrected chi connectivity index (χ4v) is 2.21. The normalized spacial score (nSPS) is 20.5. The molecule has 1 aromatic carbocycles. The molecule has 1 aliphatic rings. The summed E-state index contributed by atoms with van der Waals surface area (Å²) < 4.78 is 42.2. The summed E-state index contributed by atoms with van der Waals surface area (Å²) in [5.41, 5.74) is -0.00947. The zero-order valence-corrected chi connectivity index (χ0v) is 10.7. The van der Waals surface area contributed by atoms with Gasteiger partial charge < -0.3 is 9.64 Å². The molecular formula is C13H17F3N2O. The number of likely N-dealkylation sites (tertiary alicyclic amines) is 1. The maximum atomic E-state index is 12.2. The third kappa shape index (κ3) is 4.31. The van der Waals surface area contributed by atoms with Crippen LogP contribution in [0.25, 0.3) is 0 Å². The Morgan fingerprint density at radius 3 is 2.84 bits per heavy atom. The van der Waals surface area contributed by atoms with E-state index in [9.17, 15) is 13.2 Å². The van der Waals surface area contributed by atoms with Gasteiger partial charge in [0.05, 0.1) is 0 Å². The Labute approximate surface area is 110 Å². The van der Waals surface area contributed by atoms with Gasteiger partial charge in [0.25, 0.3) is 0 Å². The van der Waals surface area contributed by atoms with E-state index < -0.39 is 6.30 Å². The number of nitrogens with zero attached hydrogens (tertiary/aromatic N) is 1. The predicted octanol–water partition coefficient (Wildman–Crippen LogP) is 3.09. The molecule has 0 aromatic heterocycles. The van der Waals surface area contributed by atoms with Gasteiger partial charge in [-0.15, -0.1) is 0 Å². The lowest BCUT2D eigenvalue weighted by molar-refractivity contribution is -0.0999. The molecule has 0 radical (unpaired) electrons. The summed E-state index contributed by atoms with van der Waals surface area (Å²) in [4.78, 5) is 2.21. The van der Waals surface area contributed by atoms with Crippen LogP contribution < -0.4 is 10.1 Å². The van der Waals surface area contributed by atoms with E-state index in [-0.39, 0.29) is 5.69 Å².